The van der Waals surface area contributed by atoms with Crippen molar-refractivity contribution in [1.82, 2.24) is 0 Å². The van der Waals surface area contributed by atoms with E-state index in [1.54, 1.807) is 0 Å². The van der Waals surface area contributed by atoms with Crippen LogP contribution in [0, 0.1) is 10.8 Å². The lowest BCUT2D eigenvalue weighted by Gasteiger charge is -2.30. The summed E-state index contributed by atoms with van der Waals surface area (Å²) in [6.07, 6.45) is 9.34. The van der Waals surface area contributed by atoms with Crippen LogP contribution in [0.5, 0.6) is 0 Å². The van der Waals surface area contributed by atoms with Crippen molar-refractivity contribution in [2.45, 2.75) is 98.7 Å². The van der Waals surface area contributed by atoms with Crippen LogP contribution in [-0.2, 0) is 29.1 Å². The minimum absolute atomic E-state index is 0.111. The van der Waals surface area contributed by atoms with Crippen LogP contribution in [0.2, 0.25) is 0 Å². The topological polar surface area (TPSA) is 58.9 Å². The molecule has 0 bridgehead atoms. The fraction of sp³-hybridized carbons (Fsp3) is 0.636. The molecule has 37 heavy (non-hydrogen) atoms. The van der Waals surface area contributed by atoms with Gasteiger partial charge in [0.2, 0.25) is 0 Å². The van der Waals surface area contributed by atoms with E-state index in [0.717, 1.165) is 57.8 Å². The molecule has 4 heteroatoms. The molecule has 208 valence electrons. The molecule has 0 amide bonds. The van der Waals surface area contributed by atoms with Crippen LogP contribution in [0.4, 0.5) is 0 Å². The van der Waals surface area contributed by atoms with Crippen molar-refractivity contribution in [3.05, 3.63) is 70.8 Å². The molecule has 0 radical (unpaired) electrons. The SMILES string of the molecule is CCCCC(CC)(CO)COCc1ccc(Cc2ccc(COCC(CC)(CO)CCCC)cc2)cc1. The van der Waals surface area contributed by atoms with Gasteiger partial charge in [-0.15, -0.1) is 0 Å². The van der Waals surface area contributed by atoms with Gasteiger partial charge in [0.15, 0.2) is 0 Å². The largest absolute Gasteiger partial charge is 0.396 e. The van der Waals surface area contributed by atoms with Crippen molar-refractivity contribution in [2.75, 3.05) is 26.4 Å². The van der Waals surface area contributed by atoms with Crippen molar-refractivity contribution < 1.29 is 19.7 Å². The maximum Gasteiger partial charge on any atom is 0.0717 e. The Balaban J connectivity index is 1.81. The van der Waals surface area contributed by atoms with Crippen molar-refractivity contribution in [3.63, 3.8) is 0 Å². The molecular weight excluding hydrogens is 460 g/mol. The molecule has 0 heterocycles. The fourth-order valence-electron chi connectivity index (χ4n) is 4.79. The van der Waals surface area contributed by atoms with E-state index in [0.29, 0.717) is 26.4 Å². The molecular formula is C33H52O4. The zero-order valence-electron chi connectivity index (χ0n) is 23.9. The van der Waals surface area contributed by atoms with E-state index in [1.807, 2.05) is 0 Å². The Morgan fingerprint density at radius 2 is 0.919 bits per heavy atom. The Labute approximate surface area is 226 Å². The molecule has 2 rings (SSSR count). The maximum absolute atomic E-state index is 9.92. The van der Waals surface area contributed by atoms with E-state index in [4.69, 9.17) is 9.47 Å². The number of unbranched alkanes of at least 4 members (excludes halogenated alkanes) is 2. The molecule has 0 spiro atoms. The van der Waals surface area contributed by atoms with E-state index in [9.17, 15) is 10.2 Å². The van der Waals surface area contributed by atoms with Crippen LogP contribution >= 0.6 is 0 Å². The second-order valence-electron chi connectivity index (χ2n) is 11.0. The first-order valence-corrected chi connectivity index (χ1v) is 14.5. The van der Waals surface area contributed by atoms with Crippen LogP contribution in [0.3, 0.4) is 0 Å². The van der Waals surface area contributed by atoms with Crippen molar-refractivity contribution >= 4 is 0 Å². The van der Waals surface area contributed by atoms with Gasteiger partial charge >= 0.3 is 0 Å². The highest BCUT2D eigenvalue weighted by atomic mass is 16.5. The van der Waals surface area contributed by atoms with Gasteiger partial charge in [-0.2, -0.15) is 0 Å². The molecule has 0 saturated carbocycles. The molecule has 2 N–H and O–H groups in total. The van der Waals surface area contributed by atoms with Crippen LogP contribution in [0.15, 0.2) is 48.5 Å². The van der Waals surface area contributed by atoms with Gasteiger partial charge < -0.3 is 19.7 Å². The number of hydrogen-bond donors (Lipinski definition) is 2. The lowest BCUT2D eigenvalue weighted by atomic mass is 9.82. The van der Waals surface area contributed by atoms with Crippen molar-refractivity contribution in [1.29, 1.82) is 0 Å². The molecule has 2 unspecified atom stereocenters. The molecule has 0 aliphatic rings. The summed E-state index contributed by atoms with van der Waals surface area (Å²) in [5.41, 5.74) is 4.67. The maximum atomic E-state index is 9.92. The van der Waals surface area contributed by atoms with Crippen LogP contribution in [0.25, 0.3) is 0 Å². The normalized spacial score (nSPS) is 14.9. The predicted molar refractivity (Wildman–Crippen MR) is 154 cm³/mol. The van der Waals surface area contributed by atoms with Crippen LogP contribution < -0.4 is 0 Å². The smallest absolute Gasteiger partial charge is 0.0717 e. The summed E-state index contributed by atoms with van der Waals surface area (Å²) in [6.45, 7) is 11.4. The summed E-state index contributed by atoms with van der Waals surface area (Å²) in [6, 6.07) is 17.3. The molecule has 2 aromatic carbocycles. The number of ether oxygens (including phenoxy) is 2. The van der Waals surface area contributed by atoms with Gasteiger partial charge in [0.05, 0.1) is 39.6 Å². The Bertz CT molecular complexity index is 764. The van der Waals surface area contributed by atoms with Crippen molar-refractivity contribution in [2.24, 2.45) is 10.8 Å². The highest BCUT2D eigenvalue weighted by Gasteiger charge is 2.28. The standard InChI is InChI=1S/C33H52O4/c1-5-9-19-32(7-3,24-34)26-36-22-30-15-11-28(12-16-30)21-29-13-17-31(18-14-29)23-37-27-33(8-4,25-35)20-10-6-2/h11-18,34-35H,5-10,19-27H2,1-4H3. The summed E-state index contributed by atoms with van der Waals surface area (Å²) in [4.78, 5) is 0. The first-order valence-electron chi connectivity index (χ1n) is 14.5. The lowest BCUT2D eigenvalue weighted by Crippen LogP contribution is -2.30. The zero-order valence-corrected chi connectivity index (χ0v) is 23.9. The minimum atomic E-state index is -0.111. The number of aliphatic hydroxyl groups excluding tert-OH is 2. The molecule has 0 fully saturated rings. The van der Waals surface area contributed by atoms with E-state index in [-0.39, 0.29) is 24.0 Å². The third-order valence-electron chi connectivity index (χ3n) is 8.10. The molecule has 0 aliphatic heterocycles. The molecule has 2 aromatic rings. The molecule has 0 aromatic heterocycles. The highest BCUT2D eigenvalue weighted by molar-refractivity contribution is 5.30. The molecule has 2 atom stereocenters. The zero-order chi connectivity index (χ0) is 27.0. The fourth-order valence-corrected chi connectivity index (χ4v) is 4.79. The van der Waals surface area contributed by atoms with Gasteiger partial charge in [-0.05, 0) is 54.4 Å². The Kier molecular flexibility index (Phi) is 14.5. The Morgan fingerprint density at radius 1 is 0.568 bits per heavy atom. The van der Waals surface area contributed by atoms with Crippen molar-refractivity contribution in [3.8, 4) is 0 Å². The first kappa shape index (κ1) is 31.5. The second kappa shape index (κ2) is 17.0. The quantitative estimate of drug-likeness (QED) is 0.193. The first-order chi connectivity index (χ1) is 18.0. The third-order valence-corrected chi connectivity index (χ3v) is 8.10. The molecule has 0 aliphatic carbocycles. The van der Waals surface area contributed by atoms with Gasteiger partial charge in [0, 0.05) is 10.8 Å². The third kappa shape index (κ3) is 10.5. The number of benzene rings is 2. The summed E-state index contributed by atoms with van der Waals surface area (Å²) in [5.74, 6) is 0. The number of aliphatic hydroxyl groups is 2. The highest BCUT2D eigenvalue weighted by Crippen LogP contribution is 2.30. The number of rotatable bonds is 20. The van der Waals surface area contributed by atoms with Gasteiger partial charge in [0.1, 0.15) is 0 Å². The second-order valence-corrected chi connectivity index (χ2v) is 11.0. The van der Waals surface area contributed by atoms with E-state index < -0.39 is 0 Å². The lowest BCUT2D eigenvalue weighted by molar-refractivity contribution is -0.00999. The number of hydrogen-bond acceptors (Lipinski definition) is 4. The van der Waals surface area contributed by atoms with E-state index in [2.05, 4.69) is 76.2 Å². The summed E-state index contributed by atoms with van der Waals surface area (Å²) in [7, 11) is 0. The molecule has 0 saturated heterocycles. The van der Waals surface area contributed by atoms with E-state index >= 15 is 0 Å². The Morgan fingerprint density at radius 3 is 1.22 bits per heavy atom. The Hall–Kier alpha value is -1.72. The van der Waals surface area contributed by atoms with Gasteiger partial charge in [-0.1, -0.05) is 102 Å². The van der Waals surface area contributed by atoms with Gasteiger partial charge in [0.25, 0.3) is 0 Å². The average molecular weight is 513 g/mol. The van der Waals surface area contributed by atoms with Gasteiger partial charge in [-0.25, -0.2) is 0 Å². The predicted octanol–water partition coefficient (Wildman–Crippen LogP) is 7.47. The summed E-state index contributed by atoms with van der Waals surface area (Å²) in [5, 5.41) is 19.8. The average Bonchev–Trinajstić information content (AvgIpc) is 2.94. The van der Waals surface area contributed by atoms with Gasteiger partial charge in [-0.3, -0.25) is 0 Å². The monoisotopic (exact) mass is 512 g/mol. The van der Waals surface area contributed by atoms with E-state index in [1.165, 1.54) is 22.3 Å². The molecule has 4 nitrogen and oxygen atoms in total. The summed E-state index contributed by atoms with van der Waals surface area (Å²) < 4.78 is 12.1. The summed E-state index contributed by atoms with van der Waals surface area (Å²) >= 11 is 0. The van der Waals surface area contributed by atoms with Crippen LogP contribution in [0.1, 0.15) is 101 Å². The van der Waals surface area contributed by atoms with Crippen LogP contribution in [-0.4, -0.2) is 36.6 Å². The minimum Gasteiger partial charge on any atom is -0.396 e.